The summed E-state index contributed by atoms with van der Waals surface area (Å²) < 4.78 is 8.67. The molecule has 1 atom stereocenters. The fraction of sp³-hybridized carbons (Fsp3) is 0.600. The SMILES string of the molecule is COC(=O)/C=C/C(=O)OC(O)CCCC(O)(O)O. The first-order valence-corrected chi connectivity index (χ1v) is 5.06. The maximum absolute atomic E-state index is 11.0. The van der Waals surface area contributed by atoms with Crippen molar-refractivity contribution >= 4 is 11.9 Å². The molecule has 0 radical (unpaired) electrons. The molecule has 8 heteroatoms. The van der Waals surface area contributed by atoms with E-state index in [2.05, 4.69) is 9.47 Å². The van der Waals surface area contributed by atoms with Crippen LogP contribution in [-0.4, -0.2) is 51.7 Å². The Labute approximate surface area is 103 Å². The summed E-state index contributed by atoms with van der Waals surface area (Å²) in [6.45, 7) is 0. The topological polar surface area (TPSA) is 134 Å². The summed E-state index contributed by atoms with van der Waals surface area (Å²) in [6.07, 6.45) is -0.347. The number of hydrogen-bond acceptors (Lipinski definition) is 8. The number of rotatable bonds is 7. The number of aliphatic hydroxyl groups excluding tert-OH is 1. The zero-order valence-electron chi connectivity index (χ0n) is 9.78. The van der Waals surface area contributed by atoms with E-state index in [0.29, 0.717) is 0 Å². The molecule has 0 aromatic rings. The summed E-state index contributed by atoms with van der Waals surface area (Å²) in [5.41, 5.74) is 0. The lowest BCUT2D eigenvalue weighted by atomic mass is 10.2. The van der Waals surface area contributed by atoms with Gasteiger partial charge in [0.25, 0.3) is 5.97 Å². The number of carbonyl (C=O) groups excluding carboxylic acids is 2. The highest BCUT2D eigenvalue weighted by Crippen LogP contribution is 2.09. The van der Waals surface area contributed by atoms with Crippen LogP contribution in [0.1, 0.15) is 19.3 Å². The van der Waals surface area contributed by atoms with Crippen LogP contribution in [0.5, 0.6) is 0 Å². The van der Waals surface area contributed by atoms with Crippen LogP contribution in [0, 0.1) is 0 Å². The second-order valence-electron chi connectivity index (χ2n) is 3.41. The molecule has 0 rings (SSSR count). The van der Waals surface area contributed by atoms with E-state index >= 15 is 0 Å². The molecule has 0 fully saturated rings. The van der Waals surface area contributed by atoms with Crippen LogP contribution < -0.4 is 0 Å². The van der Waals surface area contributed by atoms with E-state index < -0.39 is 30.6 Å². The van der Waals surface area contributed by atoms with Gasteiger partial charge >= 0.3 is 11.9 Å². The van der Waals surface area contributed by atoms with Gasteiger partial charge in [-0.15, -0.1) is 0 Å². The van der Waals surface area contributed by atoms with Crippen molar-refractivity contribution in [1.29, 1.82) is 0 Å². The van der Waals surface area contributed by atoms with Gasteiger partial charge in [0.05, 0.1) is 7.11 Å². The Morgan fingerprint density at radius 3 is 2.28 bits per heavy atom. The normalized spacial score (nSPS) is 13.4. The number of ether oxygens (including phenoxy) is 2. The van der Waals surface area contributed by atoms with Crippen molar-refractivity contribution in [3.63, 3.8) is 0 Å². The first-order valence-electron chi connectivity index (χ1n) is 5.06. The smallest absolute Gasteiger partial charge is 0.333 e. The number of aliphatic hydroxyl groups is 4. The highest BCUT2D eigenvalue weighted by molar-refractivity contribution is 5.91. The van der Waals surface area contributed by atoms with E-state index in [4.69, 9.17) is 15.3 Å². The van der Waals surface area contributed by atoms with E-state index in [1.807, 2.05) is 0 Å². The Hall–Kier alpha value is -1.48. The molecule has 18 heavy (non-hydrogen) atoms. The quantitative estimate of drug-likeness (QED) is 0.245. The van der Waals surface area contributed by atoms with Crippen LogP contribution in [0.3, 0.4) is 0 Å². The highest BCUT2D eigenvalue weighted by atomic mass is 16.7. The molecule has 1 unspecified atom stereocenters. The average molecular weight is 264 g/mol. The molecule has 0 amide bonds. The number of esters is 2. The standard InChI is InChI=1S/C10H16O8/c1-17-7(11)4-5-9(13)18-8(12)3-2-6-10(14,15)16/h4-5,8,12,14-16H,2-3,6H2,1H3/b5-4+. The Bertz CT molecular complexity index is 303. The van der Waals surface area contributed by atoms with Gasteiger partial charge in [-0.3, -0.25) is 0 Å². The van der Waals surface area contributed by atoms with Gasteiger partial charge in [-0.2, -0.15) is 0 Å². The molecule has 0 aliphatic carbocycles. The van der Waals surface area contributed by atoms with Crippen LogP contribution in [0.4, 0.5) is 0 Å². The molecule has 0 saturated carbocycles. The van der Waals surface area contributed by atoms with Crippen molar-refractivity contribution in [1.82, 2.24) is 0 Å². The van der Waals surface area contributed by atoms with E-state index in [0.717, 1.165) is 19.3 Å². The van der Waals surface area contributed by atoms with Crippen molar-refractivity contribution < 1.29 is 39.5 Å². The van der Waals surface area contributed by atoms with Crippen molar-refractivity contribution in [2.75, 3.05) is 7.11 Å². The van der Waals surface area contributed by atoms with Crippen LogP contribution in [0.25, 0.3) is 0 Å². The molecular weight excluding hydrogens is 248 g/mol. The molecule has 0 aromatic carbocycles. The van der Waals surface area contributed by atoms with Gasteiger partial charge in [-0.25, -0.2) is 9.59 Å². The molecule has 0 heterocycles. The van der Waals surface area contributed by atoms with Crippen LogP contribution >= 0.6 is 0 Å². The molecule has 4 N–H and O–H groups in total. The molecule has 8 nitrogen and oxygen atoms in total. The summed E-state index contributed by atoms with van der Waals surface area (Å²) >= 11 is 0. The van der Waals surface area contributed by atoms with Crippen molar-refractivity contribution in [3.8, 4) is 0 Å². The fourth-order valence-electron chi connectivity index (χ4n) is 0.950. The van der Waals surface area contributed by atoms with Crippen LogP contribution in [0.15, 0.2) is 12.2 Å². The monoisotopic (exact) mass is 264 g/mol. The molecule has 104 valence electrons. The van der Waals surface area contributed by atoms with Crippen LogP contribution in [-0.2, 0) is 19.1 Å². The minimum absolute atomic E-state index is 0.0126. The minimum atomic E-state index is -2.81. The maximum Gasteiger partial charge on any atom is 0.333 e. The van der Waals surface area contributed by atoms with E-state index in [-0.39, 0.29) is 12.8 Å². The highest BCUT2D eigenvalue weighted by Gasteiger charge is 2.18. The third-order valence-corrected chi connectivity index (χ3v) is 1.77. The van der Waals surface area contributed by atoms with Gasteiger partial charge < -0.3 is 29.9 Å². The number of methoxy groups -OCH3 is 1. The Kier molecular flexibility index (Phi) is 7.13. The molecular formula is C10H16O8. The molecule has 0 aromatic heterocycles. The van der Waals surface area contributed by atoms with Crippen molar-refractivity contribution in [2.24, 2.45) is 0 Å². The summed E-state index contributed by atoms with van der Waals surface area (Å²) in [5.74, 6) is -4.50. The van der Waals surface area contributed by atoms with E-state index in [1.165, 1.54) is 0 Å². The van der Waals surface area contributed by atoms with Gasteiger partial charge in [0, 0.05) is 25.0 Å². The second-order valence-corrected chi connectivity index (χ2v) is 3.41. The van der Waals surface area contributed by atoms with E-state index in [9.17, 15) is 14.7 Å². The molecule has 0 aliphatic rings. The van der Waals surface area contributed by atoms with Gasteiger partial charge in [0.2, 0.25) is 6.29 Å². The number of hydrogen-bond donors (Lipinski definition) is 4. The third-order valence-electron chi connectivity index (χ3n) is 1.77. The lowest BCUT2D eigenvalue weighted by Crippen LogP contribution is -2.27. The van der Waals surface area contributed by atoms with Gasteiger partial charge in [0.15, 0.2) is 0 Å². The Morgan fingerprint density at radius 2 is 1.78 bits per heavy atom. The zero-order valence-corrected chi connectivity index (χ0v) is 9.78. The second kappa shape index (κ2) is 7.77. The lowest BCUT2D eigenvalue weighted by Gasteiger charge is -2.15. The molecule has 0 saturated heterocycles. The Morgan fingerprint density at radius 1 is 1.22 bits per heavy atom. The number of carbonyl (C=O) groups is 2. The first-order chi connectivity index (χ1) is 8.24. The first kappa shape index (κ1) is 16.5. The van der Waals surface area contributed by atoms with Gasteiger partial charge in [-0.05, 0) is 6.42 Å². The van der Waals surface area contributed by atoms with Gasteiger partial charge in [0.1, 0.15) is 0 Å². The molecule has 0 bridgehead atoms. The lowest BCUT2D eigenvalue weighted by molar-refractivity contribution is -0.315. The average Bonchev–Trinajstić information content (AvgIpc) is 2.23. The molecule has 0 aliphatic heterocycles. The molecule has 0 spiro atoms. The predicted molar refractivity (Wildman–Crippen MR) is 56.5 cm³/mol. The Balaban J connectivity index is 3.87. The fourth-order valence-corrected chi connectivity index (χ4v) is 0.950. The minimum Gasteiger partial charge on any atom is -0.466 e. The summed E-state index contributed by atoms with van der Waals surface area (Å²) in [5, 5.41) is 34.8. The van der Waals surface area contributed by atoms with Crippen LogP contribution in [0.2, 0.25) is 0 Å². The van der Waals surface area contributed by atoms with Crippen molar-refractivity contribution in [3.05, 3.63) is 12.2 Å². The summed E-state index contributed by atoms with van der Waals surface area (Å²) in [6, 6.07) is 0. The maximum atomic E-state index is 11.0. The largest absolute Gasteiger partial charge is 0.466 e. The summed E-state index contributed by atoms with van der Waals surface area (Å²) in [4.78, 5) is 21.6. The van der Waals surface area contributed by atoms with E-state index in [1.54, 1.807) is 0 Å². The summed E-state index contributed by atoms with van der Waals surface area (Å²) in [7, 11) is 1.14. The van der Waals surface area contributed by atoms with Gasteiger partial charge in [-0.1, -0.05) is 0 Å². The predicted octanol–water partition coefficient (Wildman–Crippen LogP) is -1.62. The zero-order chi connectivity index (χ0) is 14.2. The third kappa shape index (κ3) is 9.73. The van der Waals surface area contributed by atoms with Crippen molar-refractivity contribution in [2.45, 2.75) is 31.5 Å².